The van der Waals surface area contributed by atoms with Crippen LogP contribution < -0.4 is 0 Å². The van der Waals surface area contributed by atoms with E-state index in [1.54, 1.807) is 48.5 Å². The molecule has 0 amide bonds. The van der Waals surface area contributed by atoms with E-state index in [0.717, 1.165) is 15.6 Å². The number of halogens is 2. The first-order valence-electron chi connectivity index (χ1n) is 14.4. The molecular formula is C30H30BrClN6O11S3. The van der Waals surface area contributed by atoms with Crippen molar-refractivity contribution in [3.05, 3.63) is 89.9 Å². The van der Waals surface area contributed by atoms with E-state index in [9.17, 15) is 39.6 Å². The summed E-state index contributed by atoms with van der Waals surface area (Å²) in [5, 5.41) is 16.7. The van der Waals surface area contributed by atoms with Crippen LogP contribution in [0.3, 0.4) is 0 Å². The van der Waals surface area contributed by atoms with Gasteiger partial charge < -0.3 is 0 Å². The van der Waals surface area contributed by atoms with Crippen molar-refractivity contribution in [1.82, 2.24) is 29.8 Å². The molecule has 6 rings (SSSR count). The lowest BCUT2D eigenvalue weighted by atomic mass is 10.2. The molecule has 0 spiro atoms. The number of aromatic nitrogens is 6. The summed E-state index contributed by atoms with van der Waals surface area (Å²) in [5.74, 6) is -1.60. The molecule has 22 heteroatoms. The summed E-state index contributed by atoms with van der Waals surface area (Å²) >= 11 is 2.53. The predicted octanol–water partition coefficient (Wildman–Crippen LogP) is 4.84. The van der Waals surface area contributed by atoms with Gasteiger partial charge in [0.15, 0.2) is 29.1 Å². The maximum Gasteiger partial charge on any atom is 0.285 e. The number of fused-ring (bicyclic) bond motifs is 3. The molecule has 0 aliphatic rings. The molecule has 6 aromatic rings. The average molecular weight is 862 g/mol. The van der Waals surface area contributed by atoms with Crippen LogP contribution in [-0.2, 0) is 41.0 Å². The van der Waals surface area contributed by atoms with Crippen molar-refractivity contribution in [1.29, 1.82) is 0 Å². The van der Waals surface area contributed by atoms with Gasteiger partial charge in [0.1, 0.15) is 21.7 Å². The fourth-order valence-electron chi connectivity index (χ4n) is 4.50. The van der Waals surface area contributed by atoms with Crippen LogP contribution in [0.25, 0.3) is 32.7 Å². The third-order valence-corrected chi connectivity index (χ3v) is 9.91. The molecule has 52 heavy (non-hydrogen) atoms. The summed E-state index contributed by atoms with van der Waals surface area (Å²) in [6.45, 7) is 4.25. The van der Waals surface area contributed by atoms with E-state index >= 15 is 0 Å². The lowest BCUT2D eigenvalue weighted by Crippen LogP contribution is -2.11. The second-order valence-corrected chi connectivity index (χ2v) is 17.5. The van der Waals surface area contributed by atoms with Gasteiger partial charge in [-0.25, -0.2) is 17.8 Å². The molecule has 3 aromatic carbocycles. The number of rotatable bonds is 8. The Balaban J connectivity index is 0.000000197. The average Bonchev–Trinajstić information content (AvgIpc) is 3.75. The topological polar surface area (TPSA) is 258 Å². The minimum Gasteiger partial charge on any atom is -0.293 e. The minimum atomic E-state index is -4.19. The molecule has 0 atom stereocenters. The number of alkyl halides is 1. The van der Waals surface area contributed by atoms with Crippen LogP contribution in [0.1, 0.15) is 52.2 Å². The lowest BCUT2D eigenvalue weighted by Gasteiger charge is -1.99. The number of carbonyl (C=O) groups is 3. The van der Waals surface area contributed by atoms with Gasteiger partial charge in [0.25, 0.3) is 29.3 Å². The van der Waals surface area contributed by atoms with Crippen LogP contribution in [0.15, 0.2) is 72.8 Å². The molecule has 0 aliphatic carbocycles. The molecule has 0 saturated carbocycles. The summed E-state index contributed by atoms with van der Waals surface area (Å²) in [7, 11) is -6.47. The number of hydrogen-bond acceptors (Lipinski definition) is 12. The third kappa shape index (κ3) is 12.1. The van der Waals surface area contributed by atoms with Gasteiger partial charge in [-0.3, -0.25) is 28.6 Å². The van der Waals surface area contributed by atoms with Gasteiger partial charge in [-0.15, -0.1) is 0 Å². The molecule has 0 bridgehead atoms. The van der Waals surface area contributed by atoms with Gasteiger partial charge in [0, 0.05) is 47.6 Å². The molecule has 278 valence electrons. The monoisotopic (exact) mass is 860 g/mol. The summed E-state index contributed by atoms with van der Waals surface area (Å²) < 4.78 is 81.3. The highest BCUT2D eigenvalue weighted by Crippen LogP contribution is 2.21. The number of carbonyl (C=O) groups excluding carboxylic acids is 3. The highest BCUT2D eigenvalue weighted by atomic mass is 79.9. The van der Waals surface area contributed by atoms with Crippen LogP contribution in [0.4, 0.5) is 0 Å². The van der Waals surface area contributed by atoms with Crippen LogP contribution >= 0.6 is 26.6 Å². The molecule has 0 unspecified atom stereocenters. The van der Waals surface area contributed by atoms with Crippen molar-refractivity contribution < 1.29 is 48.7 Å². The molecule has 0 radical (unpaired) electrons. The number of nitrogens with zero attached hydrogens (tertiary/aromatic N) is 5. The van der Waals surface area contributed by atoms with Gasteiger partial charge in [-0.05, 0) is 18.2 Å². The minimum absolute atomic E-state index is 0.00699. The quantitative estimate of drug-likeness (QED) is 0.0801. The normalized spacial score (nSPS) is 11.5. The van der Waals surface area contributed by atoms with E-state index in [-0.39, 0.29) is 33.4 Å². The van der Waals surface area contributed by atoms with Crippen LogP contribution in [-0.4, -0.2) is 86.1 Å². The van der Waals surface area contributed by atoms with Gasteiger partial charge in [0.2, 0.25) is 0 Å². The maximum atomic E-state index is 11.4. The standard InChI is InChI=1S/C10H9ClN2O3S.C10H10N2O4S.C9H8N2O.CH3BrO3S/c1-7(14)10-8-4-2-3-5-9(8)13(12-10)6-17(11,15)16;1-7(13)10-8-4-2-3-5-9(8)12(11-10)6-17(14,15)16;1-6(12)9-7-4-2-3-5-8(7)10-11-9;2-1-6(3,4)5/h2-5H,6H2,1H3;2-5H,6H2,1H3,(H,14,15,16);2-5H,1H3,(H,10,11);1H2,(H,3,4,5). The number of Topliss-reactive ketones (excluding diaryl/α,β-unsaturated/α-hetero) is 3. The van der Waals surface area contributed by atoms with E-state index in [1.807, 2.05) is 24.3 Å². The van der Waals surface area contributed by atoms with Crippen molar-refractivity contribution in [3.63, 3.8) is 0 Å². The Kier molecular flexibility index (Phi) is 14.1. The number of aromatic amines is 1. The zero-order valence-electron chi connectivity index (χ0n) is 27.3. The fourth-order valence-corrected chi connectivity index (χ4v) is 5.78. The molecule has 17 nitrogen and oxygen atoms in total. The summed E-state index contributed by atoms with van der Waals surface area (Å²) in [6.07, 6.45) is 0. The first-order chi connectivity index (χ1) is 24.1. The first-order valence-corrected chi connectivity index (χ1v) is 21.2. The highest BCUT2D eigenvalue weighted by Gasteiger charge is 2.18. The summed E-state index contributed by atoms with van der Waals surface area (Å²) in [6, 6.07) is 21.2. The Morgan fingerprint density at radius 3 is 1.42 bits per heavy atom. The molecule has 0 saturated heterocycles. The second kappa shape index (κ2) is 17.4. The summed E-state index contributed by atoms with van der Waals surface area (Å²) in [4.78, 5) is 33.8. The largest absolute Gasteiger partial charge is 0.293 e. The molecule has 0 aliphatic heterocycles. The SMILES string of the molecule is CC(=O)c1n[nH]c2ccccc12.CC(=O)c1nn(CS(=O)(=O)Cl)c2ccccc12.CC(=O)c1nn(CS(=O)(=O)O)c2ccccc12.O=S(=O)(O)CBr. The Labute approximate surface area is 310 Å². The molecule has 3 aromatic heterocycles. The van der Waals surface area contributed by atoms with Crippen molar-refractivity contribution in [2.45, 2.75) is 32.5 Å². The number of hydrogen-bond donors (Lipinski definition) is 3. The van der Waals surface area contributed by atoms with Gasteiger partial charge >= 0.3 is 0 Å². The van der Waals surface area contributed by atoms with E-state index in [2.05, 4.69) is 36.3 Å². The van der Waals surface area contributed by atoms with E-state index in [4.69, 9.17) is 19.8 Å². The van der Waals surface area contributed by atoms with E-state index < -0.39 is 41.0 Å². The first kappa shape index (κ1) is 42.0. The Morgan fingerprint density at radius 2 is 1.04 bits per heavy atom. The number of ketones is 3. The van der Waals surface area contributed by atoms with Gasteiger partial charge in [-0.2, -0.15) is 32.1 Å². The van der Waals surface area contributed by atoms with E-state index in [1.165, 1.54) is 25.5 Å². The second-order valence-electron chi connectivity index (χ2n) is 10.6. The van der Waals surface area contributed by atoms with Gasteiger partial charge in [0.05, 0.1) is 16.6 Å². The summed E-state index contributed by atoms with van der Waals surface area (Å²) in [5.41, 5.74) is 2.94. The van der Waals surface area contributed by atoms with Crippen LogP contribution in [0.2, 0.25) is 0 Å². The smallest absolute Gasteiger partial charge is 0.285 e. The van der Waals surface area contributed by atoms with Crippen molar-refractivity contribution in [3.8, 4) is 0 Å². The highest BCUT2D eigenvalue weighted by molar-refractivity contribution is 9.10. The van der Waals surface area contributed by atoms with Crippen molar-refractivity contribution >= 4 is 106 Å². The third-order valence-electron chi connectivity index (χ3n) is 6.49. The van der Waals surface area contributed by atoms with Crippen molar-refractivity contribution in [2.24, 2.45) is 0 Å². The predicted molar refractivity (Wildman–Crippen MR) is 197 cm³/mol. The zero-order valence-corrected chi connectivity index (χ0v) is 32.1. The van der Waals surface area contributed by atoms with Crippen molar-refractivity contribution in [2.75, 3.05) is 4.66 Å². The molecule has 3 N–H and O–H groups in total. The molecule has 3 heterocycles. The Bertz CT molecular complexity index is 2480. The van der Waals surface area contributed by atoms with E-state index in [0.29, 0.717) is 27.5 Å². The number of H-pyrrole nitrogens is 1. The van der Waals surface area contributed by atoms with Crippen LogP contribution in [0.5, 0.6) is 0 Å². The molecule has 0 fully saturated rings. The number of nitrogens with one attached hydrogen (secondary N) is 1. The molecular weight excluding hydrogens is 832 g/mol. The number of para-hydroxylation sites is 3. The maximum absolute atomic E-state index is 11.4. The Morgan fingerprint density at radius 1 is 0.654 bits per heavy atom. The zero-order chi connectivity index (χ0) is 39.0. The van der Waals surface area contributed by atoms with Crippen LogP contribution in [0, 0.1) is 0 Å². The lowest BCUT2D eigenvalue weighted by molar-refractivity contribution is 0.100. The Hall–Kier alpha value is -4.38. The fraction of sp³-hybridized carbons (Fsp3) is 0.200. The van der Waals surface area contributed by atoms with Gasteiger partial charge in [-0.1, -0.05) is 70.5 Å². The number of benzene rings is 3.